The van der Waals surface area contributed by atoms with Crippen LogP contribution in [0.15, 0.2) is 0 Å². The lowest BCUT2D eigenvalue weighted by molar-refractivity contribution is -0.123. The number of nitrogens with one attached hydrogen (secondary N) is 2. The molecule has 2 fully saturated rings. The summed E-state index contributed by atoms with van der Waals surface area (Å²) in [5.74, 6) is 1.63. The van der Waals surface area contributed by atoms with E-state index in [2.05, 4.69) is 22.5 Å². The summed E-state index contributed by atoms with van der Waals surface area (Å²) in [4.78, 5) is 14.3. The van der Waals surface area contributed by atoms with Crippen molar-refractivity contribution in [2.24, 2.45) is 11.8 Å². The number of likely N-dealkylation sites (tertiary alicyclic amines) is 1. The minimum absolute atomic E-state index is 0.143. The number of carbonyl (C=O) groups excluding carboxylic acids is 1. The first-order chi connectivity index (χ1) is 11.7. The quantitative estimate of drug-likeness (QED) is 0.631. The molecule has 5 nitrogen and oxygen atoms in total. The summed E-state index contributed by atoms with van der Waals surface area (Å²) in [6, 6.07) is 0. The second-order valence-corrected chi connectivity index (χ2v) is 7.63. The fourth-order valence-electron chi connectivity index (χ4n) is 3.97. The Kier molecular flexibility index (Phi) is 9.07. The number of rotatable bonds is 9. The van der Waals surface area contributed by atoms with E-state index in [1.807, 2.05) is 7.05 Å². The minimum atomic E-state index is 0.143. The van der Waals surface area contributed by atoms with E-state index in [9.17, 15) is 4.79 Å². The molecule has 140 valence electrons. The van der Waals surface area contributed by atoms with Gasteiger partial charge in [0.15, 0.2) is 0 Å². The van der Waals surface area contributed by atoms with E-state index in [1.54, 1.807) is 0 Å². The van der Waals surface area contributed by atoms with Crippen LogP contribution in [0.25, 0.3) is 0 Å². The Hall–Kier alpha value is -0.650. The van der Waals surface area contributed by atoms with Crippen molar-refractivity contribution in [3.05, 3.63) is 0 Å². The molecular formula is C19H37N3O2. The van der Waals surface area contributed by atoms with Gasteiger partial charge in [-0.2, -0.15) is 0 Å². The molecule has 1 heterocycles. The van der Waals surface area contributed by atoms with E-state index in [0.717, 1.165) is 25.6 Å². The highest BCUT2D eigenvalue weighted by atomic mass is 16.5. The average molecular weight is 340 g/mol. The molecular weight excluding hydrogens is 302 g/mol. The number of ether oxygens (including phenoxy) is 1. The van der Waals surface area contributed by atoms with Crippen molar-refractivity contribution in [2.75, 3.05) is 46.4 Å². The summed E-state index contributed by atoms with van der Waals surface area (Å²) in [7, 11) is 2.01. The van der Waals surface area contributed by atoms with Gasteiger partial charge in [-0.1, -0.05) is 19.8 Å². The molecule has 2 N–H and O–H groups in total. The van der Waals surface area contributed by atoms with Crippen LogP contribution in [0.4, 0.5) is 0 Å². The van der Waals surface area contributed by atoms with Crippen LogP contribution in [0.2, 0.25) is 0 Å². The molecule has 0 spiro atoms. The lowest BCUT2D eigenvalue weighted by Crippen LogP contribution is -2.42. The maximum Gasteiger partial charge on any atom is 0.234 e. The first kappa shape index (κ1) is 19.7. The van der Waals surface area contributed by atoms with E-state index < -0.39 is 0 Å². The second-order valence-electron chi connectivity index (χ2n) is 7.63. The molecule has 5 heteroatoms. The van der Waals surface area contributed by atoms with Gasteiger partial charge in [0.2, 0.25) is 5.91 Å². The van der Waals surface area contributed by atoms with Crippen molar-refractivity contribution in [1.29, 1.82) is 0 Å². The molecule has 2 unspecified atom stereocenters. The van der Waals surface area contributed by atoms with Crippen molar-refractivity contribution in [1.82, 2.24) is 15.5 Å². The average Bonchev–Trinajstić information content (AvgIpc) is 2.59. The molecule has 24 heavy (non-hydrogen) atoms. The predicted molar refractivity (Wildman–Crippen MR) is 98.1 cm³/mol. The Morgan fingerprint density at radius 2 is 1.88 bits per heavy atom. The highest BCUT2D eigenvalue weighted by Gasteiger charge is 2.22. The number of hydrogen-bond donors (Lipinski definition) is 2. The zero-order valence-corrected chi connectivity index (χ0v) is 15.7. The summed E-state index contributed by atoms with van der Waals surface area (Å²) in [6.07, 6.45) is 9.17. The van der Waals surface area contributed by atoms with Gasteiger partial charge in [-0.25, -0.2) is 0 Å². The van der Waals surface area contributed by atoms with Gasteiger partial charge in [0.05, 0.1) is 19.3 Å². The minimum Gasteiger partial charge on any atom is -0.376 e. The Balaban J connectivity index is 1.51. The first-order valence-electron chi connectivity index (χ1n) is 9.94. The molecule has 2 rings (SSSR count). The highest BCUT2D eigenvalue weighted by Crippen LogP contribution is 2.26. The van der Waals surface area contributed by atoms with Crippen molar-refractivity contribution in [3.8, 4) is 0 Å². The molecule has 0 aromatic carbocycles. The molecule has 1 saturated carbocycles. The number of amides is 1. The largest absolute Gasteiger partial charge is 0.376 e. The summed E-state index contributed by atoms with van der Waals surface area (Å²) >= 11 is 0. The summed E-state index contributed by atoms with van der Waals surface area (Å²) in [5, 5.41) is 6.24. The number of hydrogen-bond acceptors (Lipinski definition) is 4. The van der Waals surface area contributed by atoms with Crippen LogP contribution in [-0.4, -0.2) is 63.3 Å². The second kappa shape index (κ2) is 11.1. The van der Waals surface area contributed by atoms with Gasteiger partial charge in [-0.05, 0) is 70.6 Å². The zero-order chi connectivity index (χ0) is 17.2. The first-order valence-corrected chi connectivity index (χ1v) is 9.94. The molecule has 0 radical (unpaired) electrons. The zero-order valence-electron chi connectivity index (χ0n) is 15.7. The van der Waals surface area contributed by atoms with Crippen LogP contribution in [0.5, 0.6) is 0 Å². The molecule has 1 saturated heterocycles. The Morgan fingerprint density at radius 1 is 1.12 bits per heavy atom. The van der Waals surface area contributed by atoms with Crippen LogP contribution in [0, 0.1) is 11.8 Å². The Morgan fingerprint density at radius 3 is 2.58 bits per heavy atom. The van der Waals surface area contributed by atoms with Crippen LogP contribution in [0.3, 0.4) is 0 Å². The van der Waals surface area contributed by atoms with E-state index in [0.29, 0.717) is 31.7 Å². The standard InChI is InChI=1S/C19H37N3O2/c1-16-5-3-4-6-18(16)24-14-11-21-19(23)15-22-12-8-17(9-13-22)7-10-20-2/h16-18,20H,3-15H2,1-2H3,(H,21,23). The fraction of sp³-hybridized carbons (Fsp3) is 0.947. The third kappa shape index (κ3) is 7.08. The lowest BCUT2D eigenvalue weighted by Gasteiger charge is -2.31. The molecule has 0 aromatic heterocycles. The van der Waals surface area contributed by atoms with E-state index in [-0.39, 0.29) is 5.91 Å². The van der Waals surface area contributed by atoms with Gasteiger partial charge in [0, 0.05) is 6.54 Å². The van der Waals surface area contributed by atoms with Crippen LogP contribution < -0.4 is 10.6 Å². The maximum atomic E-state index is 12.1. The van der Waals surface area contributed by atoms with E-state index >= 15 is 0 Å². The maximum absolute atomic E-state index is 12.1. The molecule has 0 bridgehead atoms. The van der Waals surface area contributed by atoms with Gasteiger partial charge in [0.1, 0.15) is 0 Å². The lowest BCUT2D eigenvalue weighted by atomic mass is 9.88. The summed E-state index contributed by atoms with van der Waals surface area (Å²) in [5.41, 5.74) is 0. The van der Waals surface area contributed by atoms with Gasteiger partial charge in [0.25, 0.3) is 0 Å². The van der Waals surface area contributed by atoms with Crippen LogP contribution >= 0.6 is 0 Å². The molecule has 2 aliphatic rings. The number of nitrogens with zero attached hydrogens (tertiary/aromatic N) is 1. The third-order valence-electron chi connectivity index (χ3n) is 5.67. The molecule has 1 amide bonds. The Labute approximate surface area is 147 Å². The van der Waals surface area contributed by atoms with Crippen molar-refractivity contribution in [2.45, 2.75) is 58.0 Å². The van der Waals surface area contributed by atoms with Crippen LogP contribution in [-0.2, 0) is 9.53 Å². The topological polar surface area (TPSA) is 53.6 Å². The van der Waals surface area contributed by atoms with Crippen molar-refractivity contribution in [3.63, 3.8) is 0 Å². The SMILES string of the molecule is CNCCC1CCN(CC(=O)NCCOC2CCCCC2C)CC1. The number of carbonyl (C=O) groups is 1. The van der Waals surface area contributed by atoms with E-state index in [1.165, 1.54) is 44.9 Å². The van der Waals surface area contributed by atoms with Gasteiger partial charge in [-0.15, -0.1) is 0 Å². The van der Waals surface area contributed by atoms with E-state index in [4.69, 9.17) is 4.74 Å². The molecule has 1 aliphatic carbocycles. The number of piperidine rings is 1. The smallest absolute Gasteiger partial charge is 0.234 e. The highest BCUT2D eigenvalue weighted by molar-refractivity contribution is 5.77. The third-order valence-corrected chi connectivity index (χ3v) is 5.67. The van der Waals surface area contributed by atoms with Crippen molar-refractivity contribution >= 4 is 5.91 Å². The monoisotopic (exact) mass is 339 g/mol. The van der Waals surface area contributed by atoms with Gasteiger partial charge >= 0.3 is 0 Å². The van der Waals surface area contributed by atoms with Gasteiger partial charge < -0.3 is 15.4 Å². The fourth-order valence-corrected chi connectivity index (χ4v) is 3.97. The van der Waals surface area contributed by atoms with Gasteiger partial charge in [-0.3, -0.25) is 9.69 Å². The Bertz CT molecular complexity index is 357. The van der Waals surface area contributed by atoms with Crippen molar-refractivity contribution < 1.29 is 9.53 Å². The molecule has 0 aromatic rings. The normalized spacial score (nSPS) is 26.4. The molecule has 1 aliphatic heterocycles. The summed E-state index contributed by atoms with van der Waals surface area (Å²) in [6.45, 7) is 7.31. The van der Waals surface area contributed by atoms with Crippen LogP contribution in [0.1, 0.15) is 51.9 Å². The molecule has 2 atom stereocenters. The predicted octanol–water partition coefficient (Wildman–Crippen LogP) is 2.02. The summed E-state index contributed by atoms with van der Waals surface area (Å²) < 4.78 is 5.95.